The first-order valence-electron chi connectivity index (χ1n) is 6.71. The molecule has 1 saturated heterocycles. The van der Waals surface area contributed by atoms with Gasteiger partial charge in [0, 0.05) is 6.54 Å². The van der Waals surface area contributed by atoms with E-state index in [0.717, 1.165) is 23.7 Å². The first-order chi connectivity index (χ1) is 10.5. The third-order valence-electron chi connectivity index (χ3n) is 2.86. The third kappa shape index (κ3) is 3.88. The van der Waals surface area contributed by atoms with E-state index in [0.29, 0.717) is 17.2 Å². The first-order valence-corrected chi connectivity index (χ1v) is 7.53. The van der Waals surface area contributed by atoms with Gasteiger partial charge in [-0.2, -0.15) is 0 Å². The molecule has 1 aromatic carbocycles. The number of carboxylic acid groups (broad SMARTS) is 1. The molecule has 1 N–H and O–H groups in total. The molecule has 0 bridgehead atoms. The van der Waals surface area contributed by atoms with E-state index in [9.17, 15) is 14.4 Å². The molecular weight excluding hydrogens is 306 g/mol. The summed E-state index contributed by atoms with van der Waals surface area (Å²) in [6.45, 7) is 1.92. The molecule has 6 nitrogen and oxygen atoms in total. The van der Waals surface area contributed by atoms with Crippen LogP contribution in [0.3, 0.4) is 0 Å². The second-order valence-corrected chi connectivity index (χ2v) is 5.58. The van der Waals surface area contributed by atoms with Gasteiger partial charge in [0.15, 0.2) is 6.61 Å². The van der Waals surface area contributed by atoms with Crippen molar-refractivity contribution in [1.29, 1.82) is 0 Å². The normalized spacial score (nSPS) is 16.4. The monoisotopic (exact) mass is 321 g/mol. The van der Waals surface area contributed by atoms with E-state index in [1.165, 1.54) is 4.90 Å². The number of imide groups is 1. The number of amides is 2. The lowest BCUT2D eigenvalue weighted by Gasteiger charge is -2.09. The predicted molar refractivity (Wildman–Crippen MR) is 82.5 cm³/mol. The van der Waals surface area contributed by atoms with Gasteiger partial charge in [-0.15, -0.1) is 0 Å². The summed E-state index contributed by atoms with van der Waals surface area (Å²) >= 11 is 0.925. The number of ether oxygens (including phenoxy) is 1. The Bertz CT molecular complexity index is 623. The molecule has 0 unspecified atom stereocenters. The number of hydrogen-bond acceptors (Lipinski definition) is 5. The number of carboxylic acids is 1. The van der Waals surface area contributed by atoms with Gasteiger partial charge in [-0.25, -0.2) is 4.79 Å². The maximum Gasteiger partial charge on any atom is 0.341 e. The van der Waals surface area contributed by atoms with Crippen molar-refractivity contribution >= 4 is 35.0 Å². The van der Waals surface area contributed by atoms with Crippen molar-refractivity contribution in [3.63, 3.8) is 0 Å². The highest BCUT2D eigenvalue weighted by Crippen LogP contribution is 2.32. The Kier molecular flexibility index (Phi) is 5.21. The minimum absolute atomic E-state index is 0.250. The number of carbonyl (C=O) groups is 3. The number of aliphatic carboxylic acids is 1. The second kappa shape index (κ2) is 7.13. The number of benzene rings is 1. The first kappa shape index (κ1) is 16.1. The summed E-state index contributed by atoms with van der Waals surface area (Å²) in [5, 5.41) is 8.28. The highest BCUT2D eigenvalue weighted by atomic mass is 32.2. The summed E-state index contributed by atoms with van der Waals surface area (Å²) in [6, 6.07) is 6.63. The molecule has 116 valence electrons. The van der Waals surface area contributed by atoms with Crippen molar-refractivity contribution in [3.05, 3.63) is 34.7 Å². The Morgan fingerprint density at radius 3 is 2.59 bits per heavy atom. The molecule has 2 amide bonds. The van der Waals surface area contributed by atoms with E-state index < -0.39 is 12.6 Å². The lowest BCUT2D eigenvalue weighted by atomic mass is 10.2. The third-order valence-corrected chi connectivity index (χ3v) is 3.77. The molecular formula is C15H15NO5S. The molecule has 1 fully saturated rings. The van der Waals surface area contributed by atoms with Crippen LogP contribution >= 0.6 is 11.8 Å². The van der Waals surface area contributed by atoms with Gasteiger partial charge in [0.05, 0.1) is 4.91 Å². The zero-order valence-corrected chi connectivity index (χ0v) is 12.8. The summed E-state index contributed by atoms with van der Waals surface area (Å²) in [4.78, 5) is 35.8. The van der Waals surface area contributed by atoms with Gasteiger partial charge in [0.1, 0.15) is 5.75 Å². The summed E-state index contributed by atoms with van der Waals surface area (Å²) in [7, 11) is 0. The molecule has 7 heteroatoms. The van der Waals surface area contributed by atoms with Crippen LogP contribution in [-0.2, 0) is 9.59 Å². The van der Waals surface area contributed by atoms with E-state index in [2.05, 4.69) is 0 Å². The Hall–Kier alpha value is -2.28. The Morgan fingerprint density at radius 2 is 2.00 bits per heavy atom. The van der Waals surface area contributed by atoms with E-state index in [4.69, 9.17) is 9.84 Å². The van der Waals surface area contributed by atoms with Crippen molar-refractivity contribution in [2.75, 3.05) is 13.2 Å². The van der Waals surface area contributed by atoms with Crippen LogP contribution in [0.5, 0.6) is 5.75 Å². The standard InChI is InChI=1S/C15H15NO5S/c1-2-7-16-14(19)12(22-15(16)20)8-10-3-5-11(6-4-10)21-9-13(17)18/h3-6,8H,2,7,9H2,1H3,(H,17,18)/b12-8+. The highest BCUT2D eigenvalue weighted by Gasteiger charge is 2.34. The molecule has 1 heterocycles. The van der Waals surface area contributed by atoms with E-state index in [-0.39, 0.29) is 11.1 Å². The Morgan fingerprint density at radius 1 is 1.32 bits per heavy atom. The molecule has 1 aliphatic heterocycles. The molecule has 0 saturated carbocycles. The molecule has 1 aliphatic rings. The molecule has 1 aromatic rings. The summed E-state index contributed by atoms with van der Waals surface area (Å²) < 4.78 is 5.02. The Labute approximate surface area is 131 Å². The molecule has 22 heavy (non-hydrogen) atoms. The molecule has 0 radical (unpaired) electrons. The fourth-order valence-electron chi connectivity index (χ4n) is 1.87. The van der Waals surface area contributed by atoms with Crippen LogP contribution in [0.15, 0.2) is 29.2 Å². The largest absolute Gasteiger partial charge is 0.482 e. The summed E-state index contributed by atoms with van der Waals surface area (Å²) in [6.07, 6.45) is 2.36. The topological polar surface area (TPSA) is 83.9 Å². The average Bonchev–Trinajstić information content (AvgIpc) is 2.74. The average molecular weight is 321 g/mol. The number of rotatable bonds is 6. The van der Waals surface area contributed by atoms with Crippen LogP contribution in [-0.4, -0.2) is 40.3 Å². The van der Waals surface area contributed by atoms with Gasteiger partial charge in [-0.3, -0.25) is 14.5 Å². The fraction of sp³-hybridized carbons (Fsp3) is 0.267. The van der Waals surface area contributed by atoms with E-state index >= 15 is 0 Å². The lowest BCUT2D eigenvalue weighted by Crippen LogP contribution is -2.28. The number of nitrogens with zero attached hydrogens (tertiary/aromatic N) is 1. The van der Waals surface area contributed by atoms with Crippen LogP contribution in [0.25, 0.3) is 6.08 Å². The summed E-state index contributed by atoms with van der Waals surface area (Å²) in [5.74, 6) is -0.893. The van der Waals surface area contributed by atoms with Gasteiger partial charge in [-0.05, 0) is 42.0 Å². The molecule has 0 spiro atoms. The van der Waals surface area contributed by atoms with E-state index in [1.54, 1.807) is 30.3 Å². The molecule has 0 aliphatic carbocycles. The zero-order valence-electron chi connectivity index (χ0n) is 11.9. The SMILES string of the molecule is CCCN1C(=O)S/C(=C/c2ccc(OCC(=O)O)cc2)C1=O. The highest BCUT2D eigenvalue weighted by molar-refractivity contribution is 8.18. The number of carbonyl (C=O) groups excluding carboxylic acids is 2. The minimum atomic E-state index is -1.05. The van der Waals surface area contributed by atoms with Gasteiger partial charge < -0.3 is 9.84 Å². The van der Waals surface area contributed by atoms with Crippen LogP contribution < -0.4 is 4.74 Å². The van der Waals surface area contributed by atoms with Crippen molar-refractivity contribution in [2.45, 2.75) is 13.3 Å². The molecule has 2 rings (SSSR count). The van der Waals surface area contributed by atoms with Gasteiger partial charge in [-0.1, -0.05) is 19.1 Å². The van der Waals surface area contributed by atoms with Crippen molar-refractivity contribution in [1.82, 2.24) is 4.90 Å². The van der Waals surface area contributed by atoms with E-state index in [1.807, 2.05) is 6.92 Å². The maximum absolute atomic E-state index is 12.1. The predicted octanol–water partition coefficient (Wildman–Crippen LogP) is 2.60. The smallest absolute Gasteiger partial charge is 0.341 e. The van der Waals surface area contributed by atoms with Gasteiger partial charge in [0.25, 0.3) is 11.1 Å². The zero-order chi connectivity index (χ0) is 16.1. The van der Waals surface area contributed by atoms with Crippen LogP contribution in [0.2, 0.25) is 0 Å². The fourth-order valence-corrected chi connectivity index (χ4v) is 2.74. The Balaban J connectivity index is 2.08. The van der Waals surface area contributed by atoms with Crippen molar-refractivity contribution in [3.8, 4) is 5.75 Å². The van der Waals surface area contributed by atoms with Crippen LogP contribution in [0.4, 0.5) is 4.79 Å². The molecule has 0 aromatic heterocycles. The number of thioether (sulfide) groups is 1. The molecule has 0 atom stereocenters. The summed E-state index contributed by atoms with van der Waals surface area (Å²) in [5.41, 5.74) is 0.740. The lowest BCUT2D eigenvalue weighted by molar-refractivity contribution is -0.139. The second-order valence-electron chi connectivity index (χ2n) is 4.58. The quantitative estimate of drug-likeness (QED) is 0.811. The van der Waals surface area contributed by atoms with Crippen molar-refractivity contribution < 1.29 is 24.2 Å². The van der Waals surface area contributed by atoms with Gasteiger partial charge >= 0.3 is 5.97 Å². The van der Waals surface area contributed by atoms with Crippen molar-refractivity contribution in [2.24, 2.45) is 0 Å². The van der Waals surface area contributed by atoms with Gasteiger partial charge in [0.2, 0.25) is 0 Å². The minimum Gasteiger partial charge on any atom is -0.482 e. The maximum atomic E-state index is 12.1. The van der Waals surface area contributed by atoms with Crippen LogP contribution in [0.1, 0.15) is 18.9 Å². The van der Waals surface area contributed by atoms with Crippen LogP contribution in [0, 0.1) is 0 Å². The number of hydrogen-bond donors (Lipinski definition) is 1.